The second kappa shape index (κ2) is 6.28. The Morgan fingerprint density at radius 1 is 1.10 bits per heavy atom. The van der Waals surface area contributed by atoms with Crippen molar-refractivity contribution < 1.29 is 0 Å². The van der Waals surface area contributed by atoms with Crippen LogP contribution in [0.1, 0.15) is 17.7 Å². The largest absolute Gasteiger partial charge is 0.214 e. The fraction of sp³-hybridized carbons (Fsp3) is 0.133. The number of tetrazole rings is 1. The van der Waals surface area contributed by atoms with Gasteiger partial charge in [-0.05, 0) is 41.1 Å². The number of hydrogen-bond acceptors (Lipinski definition) is 4. The average Bonchev–Trinajstić information content (AvgIpc) is 2.96. The molecule has 0 fully saturated rings. The molecule has 1 aromatic heterocycles. The lowest BCUT2D eigenvalue weighted by Gasteiger charge is -2.11. The predicted octanol–water partition coefficient (Wildman–Crippen LogP) is 4.17. The van der Waals surface area contributed by atoms with E-state index in [1.54, 1.807) is 16.4 Å². The number of halogens is 1. The Balaban J connectivity index is 1.86. The van der Waals surface area contributed by atoms with Crippen LogP contribution >= 0.6 is 23.4 Å². The molecule has 0 amide bonds. The summed E-state index contributed by atoms with van der Waals surface area (Å²) in [5, 5.41) is 13.6. The van der Waals surface area contributed by atoms with E-state index in [1.165, 1.54) is 5.56 Å². The molecule has 0 N–H and O–H groups in total. The molecule has 0 saturated heterocycles. The number of hydrogen-bond donors (Lipinski definition) is 0. The van der Waals surface area contributed by atoms with Crippen molar-refractivity contribution in [1.29, 1.82) is 0 Å². The zero-order valence-corrected chi connectivity index (χ0v) is 12.9. The van der Waals surface area contributed by atoms with Crippen LogP contribution in [0.2, 0.25) is 5.02 Å². The lowest BCUT2D eigenvalue weighted by molar-refractivity contribution is 0.755. The third-order valence-corrected chi connectivity index (χ3v) is 4.37. The highest BCUT2D eigenvalue weighted by molar-refractivity contribution is 7.99. The quantitative estimate of drug-likeness (QED) is 0.678. The van der Waals surface area contributed by atoms with Crippen LogP contribution in [-0.4, -0.2) is 20.2 Å². The maximum atomic E-state index is 6.03. The van der Waals surface area contributed by atoms with Crippen molar-refractivity contribution in [3.63, 3.8) is 0 Å². The molecule has 0 aliphatic heterocycles. The first kappa shape index (κ1) is 14.1. The van der Waals surface area contributed by atoms with Gasteiger partial charge in [0, 0.05) is 10.3 Å². The molecule has 3 rings (SSSR count). The molecular formula is C15H13ClN4S. The van der Waals surface area contributed by atoms with E-state index in [9.17, 15) is 0 Å². The number of thioether (sulfide) groups is 1. The highest BCUT2D eigenvalue weighted by atomic mass is 35.5. The minimum absolute atomic E-state index is 0.259. The molecule has 0 aliphatic rings. The van der Waals surface area contributed by atoms with Gasteiger partial charge in [-0.1, -0.05) is 59.8 Å². The summed E-state index contributed by atoms with van der Waals surface area (Å²) in [7, 11) is 0. The first-order valence-corrected chi connectivity index (χ1v) is 7.76. The zero-order valence-electron chi connectivity index (χ0n) is 11.3. The first-order valence-electron chi connectivity index (χ1n) is 6.50. The number of aromatic nitrogens is 4. The van der Waals surface area contributed by atoms with Crippen LogP contribution in [-0.2, 0) is 0 Å². The smallest absolute Gasteiger partial charge is 0.187 e. The summed E-state index contributed by atoms with van der Waals surface area (Å²) in [4.78, 5) is 0. The summed E-state index contributed by atoms with van der Waals surface area (Å²) in [6, 6.07) is 17.8. The molecule has 2 aromatic carbocycles. The molecule has 1 heterocycles. The summed E-state index contributed by atoms with van der Waals surface area (Å²) < 4.78 is 1.70. The fourth-order valence-corrected chi connectivity index (χ4v) is 3.09. The zero-order chi connectivity index (χ0) is 14.7. The van der Waals surface area contributed by atoms with Crippen molar-refractivity contribution in [3.05, 3.63) is 65.2 Å². The first-order chi connectivity index (χ1) is 10.2. The lowest BCUT2D eigenvalue weighted by Crippen LogP contribution is -2.00. The molecule has 4 nitrogen and oxygen atoms in total. The van der Waals surface area contributed by atoms with Gasteiger partial charge in [0.15, 0.2) is 0 Å². The van der Waals surface area contributed by atoms with Crippen LogP contribution in [0, 0.1) is 0 Å². The molecule has 21 heavy (non-hydrogen) atoms. The maximum Gasteiger partial charge on any atom is 0.214 e. The summed E-state index contributed by atoms with van der Waals surface area (Å²) in [5.74, 6) is 0. The molecule has 1 atom stereocenters. The number of benzene rings is 2. The molecule has 0 aliphatic carbocycles. The Labute approximate surface area is 132 Å². The van der Waals surface area contributed by atoms with E-state index in [2.05, 4.69) is 34.6 Å². The third-order valence-electron chi connectivity index (χ3n) is 3.04. The van der Waals surface area contributed by atoms with Gasteiger partial charge in [0.1, 0.15) is 0 Å². The summed E-state index contributed by atoms with van der Waals surface area (Å²) in [6.45, 7) is 2.14. The summed E-state index contributed by atoms with van der Waals surface area (Å²) in [5.41, 5.74) is 2.10. The van der Waals surface area contributed by atoms with Gasteiger partial charge >= 0.3 is 0 Å². The van der Waals surface area contributed by atoms with Crippen LogP contribution in [0.15, 0.2) is 59.8 Å². The predicted molar refractivity (Wildman–Crippen MR) is 84.9 cm³/mol. The average molecular weight is 317 g/mol. The molecule has 6 heteroatoms. The van der Waals surface area contributed by atoms with Gasteiger partial charge in [-0.15, -0.1) is 5.10 Å². The number of nitrogens with zero attached hydrogens (tertiary/aromatic N) is 4. The monoisotopic (exact) mass is 316 g/mol. The van der Waals surface area contributed by atoms with Gasteiger partial charge in [0.25, 0.3) is 0 Å². The number of rotatable bonds is 4. The Kier molecular flexibility index (Phi) is 4.22. The van der Waals surface area contributed by atoms with Gasteiger partial charge in [0.05, 0.1) is 5.69 Å². The highest BCUT2D eigenvalue weighted by Crippen LogP contribution is 2.33. The van der Waals surface area contributed by atoms with Crippen LogP contribution in [0.5, 0.6) is 0 Å². The van der Waals surface area contributed by atoms with E-state index >= 15 is 0 Å². The Morgan fingerprint density at radius 3 is 2.67 bits per heavy atom. The SMILES string of the molecule is C[C@@H](Sc1nnnn1-c1cccc(Cl)c1)c1ccccc1. The van der Waals surface area contributed by atoms with Gasteiger partial charge in [-0.3, -0.25) is 0 Å². The normalized spacial score (nSPS) is 12.3. The lowest BCUT2D eigenvalue weighted by atomic mass is 10.2. The van der Waals surface area contributed by atoms with E-state index in [0.29, 0.717) is 5.02 Å². The van der Waals surface area contributed by atoms with Crippen LogP contribution in [0.3, 0.4) is 0 Å². The van der Waals surface area contributed by atoms with Crippen molar-refractivity contribution >= 4 is 23.4 Å². The molecule has 0 radical (unpaired) electrons. The Bertz CT molecular complexity index is 729. The van der Waals surface area contributed by atoms with Gasteiger partial charge in [0.2, 0.25) is 5.16 Å². The van der Waals surface area contributed by atoms with Crippen LogP contribution < -0.4 is 0 Å². The van der Waals surface area contributed by atoms with Crippen LogP contribution in [0.25, 0.3) is 5.69 Å². The van der Waals surface area contributed by atoms with E-state index in [4.69, 9.17) is 11.6 Å². The molecule has 0 unspecified atom stereocenters. The van der Waals surface area contributed by atoms with E-state index in [-0.39, 0.29) is 5.25 Å². The standard InChI is InChI=1S/C15H13ClN4S/c1-11(12-6-3-2-4-7-12)21-15-17-18-19-20(15)14-9-5-8-13(16)10-14/h2-11H,1H3/t11-/m1/s1. The Hall–Kier alpha value is -1.85. The molecule has 3 aromatic rings. The molecule has 0 spiro atoms. The minimum Gasteiger partial charge on any atom is -0.187 e. The van der Waals surface area contributed by atoms with Crippen LogP contribution in [0.4, 0.5) is 0 Å². The second-order valence-electron chi connectivity index (χ2n) is 4.52. The summed E-state index contributed by atoms with van der Waals surface area (Å²) >= 11 is 7.64. The molecule has 0 bridgehead atoms. The van der Waals surface area contributed by atoms with E-state index in [1.807, 2.05) is 42.5 Å². The van der Waals surface area contributed by atoms with Gasteiger partial charge in [-0.2, -0.15) is 4.68 Å². The fourth-order valence-electron chi connectivity index (χ4n) is 1.97. The van der Waals surface area contributed by atoms with Gasteiger partial charge < -0.3 is 0 Å². The van der Waals surface area contributed by atoms with Gasteiger partial charge in [-0.25, -0.2) is 0 Å². The van der Waals surface area contributed by atoms with E-state index < -0.39 is 0 Å². The summed E-state index contributed by atoms with van der Waals surface area (Å²) in [6.07, 6.45) is 0. The van der Waals surface area contributed by atoms with Crippen molar-refractivity contribution in [2.24, 2.45) is 0 Å². The maximum absolute atomic E-state index is 6.03. The molecule has 106 valence electrons. The Morgan fingerprint density at radius 2 is 1.90 bits per heavy atom. The molecular weight excluding hydrogens is 304 g/mol. The minimum atomic E-state index is 0.259. The van der Waals surface area contributed by atoms with Crippen molar-refractivity contribution in [3.8, 4) is 5.69 Å². The third kappa shape index (κ3) is 3.25. The molecule has 0 saturated carbocycles. The van der Waals surface area contributed by atoms with Crippen molar-refractivity contribution in [2.45, 2.75) is 17.3 Å². The highest BCUT2D eigenvalue weighted by Gasteiger charge is 2.14. The topological polar surface area (TPSA) is 43.6 Å². The van der Waals surface area contributed by atoms with E-state index in [0.717, 1.165) is 10.8 Å². The van der Waals surface area contributed by atoms with Crippen molar-refractivity contribution in [1.82, 2.24) is 20.2 Å². The second-order valence-corrected chi connectivity index (χ2v) is 6.27. The van der Waals surface area contributed by atoms with Crippen molar-refractivity contribution in [2.75, 3.05) is 0 Å².